The molecule has 0 spiro atoms. The van der Waals surface area contributed by atoms with E-state index < -0.39 is 5.97 Å². The maximum absolute atomic E-state index is 12.2. The lowest BCUT2D eigenvalue weighted by Gasteiger charge is -2.10. The molecule has 0 atom stereocenters. The summed E-state index contributed by atoms with van der Waals surface area (Å²) in [6.45, 7) is 1.96. The lowest BCUT2D eigenvalue weighted by molar-refractivity contribution is 0.0527. The van der Waals surface area contributed by atoms with Gasteiger partial charge in [0.15, 0.2) is 0 Å². The van der Waals surface area contributed by atoms with E-state index in [0.29, 0.717) is 22.3 Å². The highest BCUT2D eigenvalue weighted by Crippen LogP contribution is 2.26. The quantitative estimate of drug-likeness (QED) is 0.709. The van der Waals surface area contributed by atoms with Crippen LogP contribution in [0.15, 0.2) is 48.8 Å². The number of esters is 1. The van der Waals surface area contributed by atoms with E-state index in [1.165, 1.54) is 6.20 Å². The maximum Gasteiger partial charge on any atom is 0.341 e. The van der Waals surface area contributed by atoms with Gasteiger partial charge in [0.2, 0.25) is 0 Å². The number of ether oxygens (including phenoxy) is 1. The minimum absolute atomic E-state index is 0.197. The molecule has 3 aromatic rings. The van der Waals surface area contributed by atoms with Gasteiger partial charge in [0.25, 0.3) is 5.91 Å². The second-order valence-electron chi connectivity index (χ2n) is 5.21. The van der Waals surface area contributed by atoms with E-state index in [-0.39, 0.29) is 23.8 Å². The molecule has 1 aromatic carbocycles. The Balaban J connectivity index is 1.94. The number of nitrogens with two attached hydrogens (primary N) is 1. The van der Waals surface area contributed by atoms with Crippen LogP contribution in [0.25, 0.3) is 10.9 Å². The first-order chi connectivity index (χ1) is 12.1. The molecule has 0 saturated carbocycles. The molecule has 1 amide bonds. The molecule has 0 aliphatic carbocycles. The maximum atomic E-state index is 12.2. The number of carbonyl (C=O) groups is 2. The Bertz CT molecular complexity index is 942. The van der Waals surface area contributed by atoms with Gasteiger partial charge in [0.05, 0.1) is 17.8 Å². The molecule has 0 saturated heterocycles. The fourth-order valence-electron chi connectivity index (χ4n) is 2.35. The van der Waals surface area contributed by atoms with E-state index in [9.17, 15) is 9.59 Å². The Morgan fingerprint density at radius 2 is 2.04 bits per heavy atom. The predicted octanol–water partition coefficient (Wildman–Crippen LogP) is 2.64. The first-order valence-electron chi connectivity index (χ1n) is 7.68. The van der Waals surface area contributed by atoms with Gasteiger partial charge >= 0.3 is 5.97 Å². The normalized spacial score (nSPS) is 10.4. The molecule has 7 nitrogen and oxygen atoms in total. The molecule has 0 aliphatic rings. The van der Waals surface area contributed by atoms with Crippen molar-refractivity contribution in [1.29, 1.82) is 0 Å². The second-order valence-corrected chi connectivity index (χ2v) is 5.21. The Kier molecular flexibility index (Phi) is 4.56. The van der Waals surface area contributed by atoms with E-state index in [1.54, 1.807) is 49.5 Å². The van der Waals surface area contributed by atoms with E-state index in [1.807, 2.05) is 0 Å². The topological polar surface area (TPSA) is 107 Å². The monoisotopic (exact) mass is 336 g/mol. The van der Waals surface area contributed by atoms with Crippen LogP contribution >= 0.6 is 0 Å². The molecular formula is C18H16N4O3. The number of anilines is 2. The van der Waals surface area contributed by atoms with Gasteiger partial charge in [-0.2, -0.15) is 0 Å². The van der Waals surface area contributed by atoms with Crippen molar-refractivity contribution in [2.75, 3.05) is 17.7 Å². The third kappa shape index (κ3) is 3.40. The van der Waals surface area contributed by atoms with Crippen LogP contribution in [0.2, 0.25) is 0 Å². The lowest BCUT2D eigenvalue weighted by Crippen LogP contribution is -2.13. The third-order valence-electron chi connectivity index (χ3n) is 3.56. The van der Waals surface area contributed by atoms with Crippen molar-refractivity contribution in [3.05, 3.63) is 60.0 Å². The number of fused-ring (bicyclic) bond motifs is 1. The molecule has 126 valence electrons. The minimum Gasteiger partial charge on any atom is -0.462 e. The average molecular weight is 336 g/mol. The van der Waals surface area contributed by atoms with E-state index >= 15 is 0 Å². The van der Waals surface area contributed by atoms with Crippen LogP contribution in [-0.2, 0) is 4.74 Å². The zero-order valence-electron chi connectivity index (χ0n) is 13.5. The number of hydrogen-bond donors (Lipinski definition) is 2. The summed E-state index contributed by atoms with van der Waals surface area (Å²) in [6.07, 6.45) is 2.94. The summed E-state index contributed by atoms with van der Waals surface area (Å²) in [4.78, 5) is 32.4. The molecule has 0 bridgehead atoms. The van der Waals surface area contributed by atoms with Gasteiger partial charge in [0.1, 0.15) is 11.3 Å². The Morgan fingerprint density at radius 1 is 1.20 bits per heavy atom. The van der Waals surface area contributed by atoms with Gasteiger partial charge in [-0.25, -0.2) is 4.79 Å². The largest absolute Gasteiger partial charge is 0.462 e. The number of aromatic nitrogens is 2. The molecular weight excluding hydrogens is 320 g/mol. The number of nitrogens with zero attached hydrogens (tertiary/aromatic N) is 2. The molecule has 25 heavy (non-hydrogen) atoms. The number of pyridine rings is 2. The number of benzene rings is 1. The highest BCUT2D eigenvalue weighted by atomic mass is 16.5. The number of hydrogen-bond acceptors (Lipinski definition) is 6. The first-order valence-corrected chi connectivity index (χ1v) is 7.68. The molecule has 0 fully saturated rings. The van der Waals surface area contributed by atoms with Crippen molar-refractivity contribution in [1.82, 2.24) is 9.97 Å². The molecule has 0 radical (unpaired) electrons. The Morgan fingerprint density at radius 3 is 2.76 bits per heavy atom. The fourth-order valence-corrected chi connectivity index (χ4v) is 2.35. The summed E-state index contributed by atoms with van der Waals surface area (Å²) in [7, 11) is 0. The number of amides is 1. The lowest BCUT2D eigenvalue weighted by atomic mass is 10.1. The average Bonchev–Trinajstić information content (AvgIpc) is 2.63. The summed E-state index contributed by atoms with van der Waals surface area (Å²) in [5, 5.41) is 3.31. The molecule has 7 heteroatoms. The van der Waals surface area contributed by atoms with Gasteiger partial charge in [-0.15, -0.1) is 0 Å². The number of carbonyl (C=O) groups excluding carboxylic acids is 2. The van der Waals surface area contributed by atoms with Crippen LogP contribution in [0.3, 0.4) is 0 Å². The van der Waals surface area contributed by atoms with Crippen LogP contribution < -0.4 is 11.1 Å². The van der Waals surface area contributed by atoms with Gasteiger partial charge in [-0.3, -0.25) is 14.8 Å². The van der Waals surface area contributed by atoms with Gasteiger partial charge in [-0.05, 0) is 37.3 Å². The highest BCUT2D eigenvalue weighted by molar-refractivity contribution is 6.07. The fraction of sp³-hybridized carbons (Fsp3) is 0.111. The van der Waals surface area contributed by atoms with Crippen LogP contribution in [0.4, 0.5) is 11.4 Å². The number of nitrogen functional groups attached to an aromatic ring is 1. The smallest absolute Gasteiger partial charge is 0.341 e. The van der Waals surface area contributed by atoms with Crippen molar-refractivity contribution in [2.45, 2.75) is 6.92 Å². The van der Waals surface area contributed by atoms with Crippen molar-refractivity contribution < 1.29 is 14.3 Å². The highest BCUT2D eigenvalue weighted by Gasteiger charge is 2.15. The van der Waals surface area contributed by atoms with Crippen LogP contribution in [0.1, 0.15) is 27.8 Å². The summed E-state index contributed by atoms with van der Waals surface area (Å²) in [5.41, 5.74) is 7.99. The molecule has 3 rings (SSSR count). The molecule has 0 aliphatic heterocycles. The number of rotatable bonds is 4. The van der Waals surface area contributed by atoms with Crippen LogP contribution in [0.5, 0.6) is 0 Å². The van der Waals surface area contributed by atoms with Crippen molar-refractivity contribution in [2.24, 2.45) is 0 Å². The third-order valence-corrected chi connectivity index (χ3v) is 3.56. The zero-order chi connectivity index (χ0) is 17.8. The summed E-state index contributed by atoms with van der Waals surface area (Å²) >= 11 is 0. The number of nitrogens with one attached hydrogen (secondary N) is 1. The van der Waals surface area contributed by atoms with Crippen molar-refractivity contribution in [3.63, 3.8) is 0 Å². The molecule has 0 unspecified atom stereocenters. The van der Waals surface area contributed by atoms with Crippen molar-refractivity contribution >= 4 is 34.2 Å². The Hall–Kier alpha value is -3.48. The van der Waals surface area contributed by atoms with Gasteiger partial charge in [0, 0.05) is 23.5 Å². The zero-order valence-corrected chi connectivity index (χ0v) is 13.5. The summed E-state index contributed by atoms with van der Waals surface area (Å²) in [5.74, 6) is -0.870. The van der Waals surface area contributed by atoms with E-state index in [0.717, 1.165) is 0 Å². The molecule has 2 heterocycles. The van der Waals surface area contributed by atoms with E-state index in [4.69, 9.17) is 10.5 Å². The minimum atomic E-state index is -0.530. The Labute approximate surface area is 143 Å². The first kappa shape index (κ1) is 16.4. The van der Waals surface area contributed by atoms with Crippen LogP contribution in [0, 0.1) is 0 Å². The standard InChI is InChI=1S/C18H16N4O3/c1-2-25-18(24)13-10-21-14-7-6-11(9-12(14)16(13)19)22-17(23)15-5-3-4-8-20-15/h3-10H,2H2,1H3,(H2,19,21)(H,22,23). The summed E-state index contributed by atoms with van der Waals surface area (Å²) < 4.78 is 4.97. The van der Waals surface area contributed by atoms with E-state index in [2.05, 4.69) is 15.3 Å². The SMILES string of the molecule is CCOC(=O)c1cnc2ccc(NC(=O)c3ccccn3)cc2c1N. The van der Waals surface area contributed by atoms with Gasteiger partial charge < -0.3 is 15.8 Å². The van der Waals surface area contributed by atoms with Crippen LogP contribution in [-0.4, -0.2) is 28.5 Å². The van der Waals surface area contributed by atoms with Crippen molar-refractivity contribution in [3.8, 4) is 0 Å². The molecule has 3 N–H and O–H groups in total. The predicted molar refractivity (Wildman–Crippen MR) is 94.3 cm³/mol. The molecule has 2 aromatic heterocycles. The second kappa shape index (κ2) is 6.96. The van der Waals surface area contributed by atoms with Gasteiger partial charge in [-0.1, -0.05) is 6.07 Å². The summed E-state index contributed by atoms with van der Waals surface area (Å²) in [6, 6.07) is 10.2.